The van der Waals surface area contributed by atoms with Gasteiger partial charge in [0.1, 0.15) is 11.9 Å². The topological polar surface area (TPSA) is 49.3 Å². The van der Waals surface area contributed by atoms with Gasteiger partial charge < -0.3 is 5.11 Å². The van der Waals surface area contributed by atoms with E-state index >= 15 is 0 Å². The minimum Gasteiger partial charge on any atom is -0.480 e. The molecule has 2 N–H and O–H groups in total. The Bertz CT molecular complexity index is 332. The highest BCUT2D eigenvalue weighted by atomic mass is 35.5. The second-order valence-electron chi connectivity index (χ2n) is 2.80. The van der Waals surface area contributed by atoms with Gasteiger partial charge in [0, 0.05) is 6.42 Å². The Morgan fingerprint density at radius 1 is 1.57 bits per heavy atom. The quantitative estimate of drug-likeness (QED) is 0.753. The van der Waals surface area contributed by atoms with E-state index in [4.69, 9.17) is 16.9 Å². The lowest BCUT2D eigenvalue weighted by Gasteiger charge is -2.09. The summed E-state index contributed by atoms with van der Waals surface area (Å²) in [4.78, 5) is 12.7. The summed E-state index contributed by atoms with van der Waals surface area (Å²) in [5.41, 5.74) is 0.327. The van der Waals surface area contributed by atoms with Crippen molar-refractivity contribution in [2.75, 3.05) is 0 Å². The molecule has 76 valence electrons. The maximum atomic E-state index is 13.1. The molecule has 0 radical (unpaired) electrons. The Morgan fingerprint density at radius 3 is 2.71 bits per heavy atom. The molecule has 1 aromatic rings. The van der Waals surface area contributed by atoms with Crippen molar-refractivity contribution in [2.24, 2.45) is 0 Å². The highest BCUT2D eigenvalue weighted by molar-refractivity contribution is 6.14. The average Bonchev–Trinajstić information content (AvgIpc) is 2.16. The second kappa shape index (κ2) is 4.93. The largest absolute Gasteiger partial charge is 0.480 e. The Balaban J connectivity index is 2.77. The van der Waals surface area contributed by atoms with Crippen molar-refractivity contribution in [3.8, 4) is 0 Å². The molecule has 0 aliphatic rings. The van der Waals surface area contributed by atoms with E-state index in [2.05, 4.69) is 4.84 Å². The second-order valence-corrected chi connectivity index (χ2v) is 3.01. The van der Waals surface area contributed by atoms with E-state index in [0.717, 1.165) is 0 Å². The van der Waals surface area contributed by atoms with Crippen LogP contribution in [-0.4, -0.2) is 17.1 Å². The number of nitrogens with one attached hydrogen (secondary N) is 1. The Kier molecular flexibility index (Phi) is 3.85. The SMILES string of the molecule is O=C(O)C(Cc1ccccc1F)NCl. The zero-order valence-corrected chi connectivity index (χ0v) is 7.96. The highest BCUT2D eigenvalue weighted by Crippen LogP contribution is 2.09. The Morgan fingerprint density at radius 2 is 2.21 bits per heavy atom. The fourth-order valence-corrected chi connectivity index (χ4v) is 1.23. The van der Waals surface area contributed by atoms with Crippen LogP contribution in [0.15, 0.2) is 24.3 Å². The van der Waals surface area contributed by atoms with Crippen molar-refractivity contribution < 1.29 is 14.3 Å². The molecule has 3 nitrogen and oxygen atoms in total. The summed E-state index contributed by atoms with van der Waals surface area (Å²) in [7, 11) is 0. The predicted molar refractivity (Wildman–Crippen MR) is 50.5 cm³/mol. The average molecular weight is 218 g/mol. The van der Waals surface area contributed by atoms with Gasteiger partial charge in [0.2, 0.25) is 0 Å². The summed E-state index contributed by atoms with van der Waals surface area (Å²) in [5.74, 6) is -1.53. The lowest BCUT2D eigenvalue weighted by atomic mass is 10.1. The normalized spacial score (nSPS) is 12.4. The van der Waals surface area contributed by atoms with Crippen molar-refractivity contribution in [2.45, 2.75) is 12.5 Å². The molecule has 1 rings (SSSR count). The number of hydrogen-bond donors (Lipinski definition) is 2. The molecule has 0 saturated heterocycles. The summed E-state index contributed by atoms with van der Waals surface area (Å²) in [5, 5.41) is 8.66. The minimum absolute atomic E-state index is 0.0194. The first-order valence-electron chi connectivity index (χ1n) is 3.97. The summed E-state index contributed by atoms with van der Waals surface area (Å²) >= 11 is 5.21. The molecule has 0 aliphatic carbocycles. The molecule has 0 amide bonds. The smallest absolute Gasteiger partial charge is 0.322 e. The van der Waals surface area contributed by atoms with Crippen LogP contribution < -0.4 is 4.84 Å². The lowest BCUT2D eigenvalue weighted by Crippen LogP contribution is -2.32. The summed E-state index contributed by atoms with van der Waals surface area (Å²) < 4.78 is 13.1. The number of aliphatic carboxylic acids is 1. The summed E-state index contributed by atoms with van der Waals surface area (Å²) in [6.07, 6.45) is 0.0194. The Hall–Kier alpha value is -1.13. The molecule has 0 saturated carbocycles. The van der Waals surface area contributed by atoms with Gasteiger partial charge in [-0.15, -0.1) is 0 Å². The van der Waals surface area contributed by atoms with Crippen LogP contribution in [0.25, 0.3) is 0 Å². The molecule has 5 heteroatoms. The van der Waals surface area contributed by atoms with Crippen LogP contribution in [0.3, 0.4) is 0 Å². The van der Waals surface area contributed by atoms with Gasteiger partial charge in [-0.3, -0.25) is 4.79 Å². The van der Waals surface area contributed by atoms with Crippen LogP contribution in [-0.2, 0) is 11.2 Å². The molecular weight excluding hydrogens is 209 g/mol. The number of halogens is 2. The van der Waals surface area contributed by atoms with Crippen molar-refractivity contribution in [1.29, 1.82) is 0 Å². The van der Waals surface area contributed by atoms with Gasteiger partial charge in [-0.1, -0.05) is 18.2 Å². The molecule has 1 atom stereocenters. The number of rotatable bonds is 4. The van der Waals surface area contributed by atoms with E-state index in [1.807, 2.05) is 0 Å². The standard InChI is InChI=1S/C9H9ClFNO2/c10-12-8(9(13)14)5-6-3-1-2-4-7(6)11/h1-4,8,12H,5H2,(H,13,14). The number of carboxylic acid groups (broad SMARTS) is 1. The zero-order chi connectivity index (χ0) is 10.6. The first kappa shape index (κ1) is 10.9. The van der Waals surface area contributed by atoms with Crippen LogP contribution in [0.4, 0.5) is 4.39 Å². The molecular formula is C9H9ClFNO2. The predicted octanol–water partition coefficient (Wildman–Crippen LogP) is 1.56. The molecule has 1 aromatic carbocycles. The third kappa shape index (κ3) is 2.68. The van der Waals surface area contributed by atoms with Crippen LogP contribution in [0.1, 0.15) is 5.56 Å². The Labute approximate surface area is 85.6 Å². The van der Waals surface area contributed by atoms with E-state index in [-0.39, 0.29) is 6.42 Å². The van der Waals surface area contributed by atoms with Crippen LogP contribution in [0.5, 0.6) is 0 Å². The van der Waals surface area contributed by atoms with Gasteiger partial charge in [0.15, 0.2) is 0 Å². The van der Waals surface area contributed by atoms with Gasteiger partial charge in [0.05, 0.1) is 0 Å². The molecule has 1 unspecified atom stereocenters. The number of hydrogen-bond acceptors (Lipinski definition) is 2. The molecule has 0 fully saturated rings. The third-order valence-electron chi connectivity index (χ3n) is 1.81. The monoisotopic (exact) mass is 217 g/mol. The van der Waals surface area contributed by atoms with E-state index < -0.39 is 17.8 Å². The van der Waals surface area contributed by atoms with Gasteiger partial charge >= 0.3 is 5.97 Å². The van der Waals surface area contributed by atoms with E-state index in [1.54, 1.807) is 12.1 Å². The molecule has 0 aliphatic heterocycles. The maximum absolute atomic E-state index is 13.1. The van der Waals surface area contributed by atoms with Crippen molar-refractivity contribution >= 4 is 17.7 Å². The molecule has 0 spiro atoms. The number of benzene rings is 1. The minimum atomic E-state index is -1.11. The van der Waals surface area contributed by atoms with E-state index in [1.165, 1.54) is 12.1 Å². The fourth-order valence-electron chi connectivity index (χ4n) is 1.06. The third-order valence-corrected chi connectivity index (χ3v) is 2.08. The number of carbonyl (C=O) groups is 1. The molecule has 0 bridgehead atoms. The van der Waals surface area contributed by atoms with E-state index in [0.29, 0.717) is 5.56 Å². The van der Waals surface area contributed by atoms with Crippen molar-refractivity contribution in [3.05, 3.63) is 35.6 Å². The van der Waals surface area contributed by atoms with Gasteiger partial charge in [-0.05, 0) is 23.4 Å². The van der Waals surface area contributed by atoms with Crippen molar-refractivity contribution in [3.63, 3.8) is 0 Å². The molecule has 0 heterocycles. The first-order chi connectivity index (χ1) is 6.65. The zero-order valence-electron chi connectivity index (χ0n) is 7.21. The van der Waals surface area contributed by atoms with Crippen LogP contribution in [0.2, 0.25) is 0 Å². The molecule has 0 aromatic heterocycles. The summed E-state index contributed by atoms with van der Waals surface area (Å²) in [6.45, 7) is 0. The fraction of sp³-hybridized carbons (Fsp3) is 0.222. The summed E-state index contributed by atoms with van der Waals surface area (Å²) in [6, 6.07) is 5.02. The number of carboxylic acids is 1. The first-order valence-corrected chi connectivity index (χ1v) is 4.35. The van der Waals surface area contributed by atoms with Gasteiger partial charge in [-0.2, -0.15) is 0 Å². The van der Waals surface area contributed by atoms with Crippen LogP contribution in [0, 0.1) is 5.82 Å². The van der Waals surface area contributed by atoms with Crippen molar-refractivity contribution in [1.82, 2.24) is 4.84 Å². The maximum Gasteiger partial charge on any atom is 0.322 e. The van der Waals surface area contributed by atoms with Gasteiger partial charge in [-0.25, -0.2) is 9.23 Å². The highest BCUT2D eigenvalue weighted by Gasteiger charge is 2.17. The van der Waals surface area contributed by atoms with Crippen LogP contribution >= 0.6 is 11.8 Å². The molecule has 14 heavy (non-hydrogen) atoms. The van der Waals surface area contributed by atoms with Gasteiger partial charge in [0.25, 0.3) is 0 Å². The van der Waals surface area contributed by atoms with E-state index in [9.17, 15) is 9.18 Å². The lowest BCUT2D eigenvalue weighted by molar-refractivity contribution is -0.138.